The molecule has 0 saturated carbocycles. The molecule has 0 spiro atoms. The van der Waals surface area contributed by atoms with E-state index in [1.807, 2.05) is 0 Å². The molecule has 1 atom stereocenters. The topological polar surface area (TPSA) is 168 Å². The summed E-state index contributed by atoms with van der Waals surface area (Å²) in [5.74, 6) is -1.61. The Bertz CT molecular complexity index is 1050. The molecule has 0 radical (unpaired) electrons. The first-order valence-electron chi connectivity index (χ1n) is 9.18. The van der Waals surface area contributed by atoms with Crippen LogP contribution in [-0.2, 0) is 30.8 Å². The second-order valence-corrected chi connectivity index (χ2v) is 8.12. The van der Waals surface area contributed by atoms with E-state index in [2.05, 4.69) is 5.32 Å². The van der Waals surface area contributed by atoms with Gasteiger partial charge in [0.15, 0.2) is 12.7 Å². The molecule has 2 aromatic carbocycles. The quantitative estimate of drug-likeness (QED) is 0.432. The molecular weight excluding hydrogens is 426 g/mol. The number of esters is 1. The number of hydrogen-bond donors (Lipinski definition) is 3. The second-order valence-electron chi connectivity index (χ2n) is 6.56. The van der Waals surface area contributed by atoms with E-state index >= 15 is 0 Å². The molecule has 0 bridgehead atoms. The van der Waals surface area contributed by atoms with Crippen LogP contribution in [0.4, 0.5) is 0 Å². The highest BCUT2D eigenvalue weighted by Crippen LogP contribution is 2.15. The maximum absolute atomic E-state index is 12.2. The summed E-state index contributed by atoms with van der Waals surface area (Å²) in [5.41, 5.74) is 5.95. The van der Waals surface area contributed by atoms with Crippen molar-refractivity contribution in [3.8, 4) is 5.75 Å². The lowest BCUT2D eigenvalue weighted by Gasteiger charge is -2.14. The molecule has 31 heavy (non-hydrogen) atoms. The third kappa shape index (κ3) is 7.72. The number of hydrogen-bond acceptors (Lipinski definition) is 7. The van der Waals surface area contributed by atoms with Gasteiger partial charge in [-0.1, -0.05) is 18.2 Å². The molecular formula is C20H23N3O7S. The minimum Gasteiger partial charge on any atom is -0.484 e. The number of ether oxygens (including phenoxy) is 2. The van der Waals surface area contributed by atoms with E-state index in [0.29, 0.717) is 6.42 Å². The van der Waals surface area contributed by atoms with Gasteiger partial charge in [-0.25, -0.2) is 18.4 Å². The number of carbonyl (C=O) groups is 3. The normalized spacial score (nSPS) is 11.9. The van der Waals surface area contributed by atoms with Crippen LogP contribution in [0.2, 0.25) is 0 Å². The predicted octanol–water partition coefficient (Wildman–Crippen LogP) is 0.102. The van der Waals surface area contributed by atoms with Crippen molar-refractivity contribution in [2.45, 2.75) is 24.3 Å². The average Bonchev–Trinajstić information content (AvgIpc) is 2.72. The number of nitrogens with one attached hydrogen (secondary N) is 1. The van der Waals surface area contributed by atoms with Crippen LogP contribution in [0.25, 0.3) is 0 Å². The van der Waals surface area contributed by atoms with Crippen molar-refractivity contribution in [3.63, 3.8) is 0 Å². The van der Waals surface area contributed by atoms with Crippen molar-refractivity contribution in [2.24, 2.45) is 10.9 Å². The van der Waals surface area contributed by atoms with E-state index in [1.54, 1.807) is 24.3 Å². The van der Waals surface area contributed by atoms with E-state index in [9.17, 15) is 22.8 Å². The van der Waals surface area contributed by atoms with Gasteiger partial charge in [0.1, 0.15) is 5.75 Å². The van der Waals surface area contributed by atoms with Gasteiger partial charge in [0.2, 0.25) is 10.0 Å². The summed E-state index contributed by atoms with van der Waals surface area (Å²) in [6.45, 7) is 1.36. The Hall–Kier alpha value is -3.44. The summed E-state index contributed by atoms with van der Waals surface area (Å²) in [6, 6.07) is 11.9. The third-order valence-electron chi connectivity index (χ3n) is 4.07. The lowest BCUT2D eigenvalue weighted by Crippen LogP contribution is -2.36. The summed E-state index contributed by atoms with van der Waals surface area (Å²) >= 11 is 0. The number of carbonyl (C=O) groups excluding carboxylic acids is 3. The summed E-state index contributed by atoms with van der Waals surface area (Å²) < 4.78 is 32.8. The number of sulfonamides is 1. The largest absolute Gasteiger partial charge is 0.484 e. The van der Waals surface area contributed by atoms with Gasteiger partial charge in [-0.15, -0.1) is 0 Å². The maximum Gasteiger partial charge on any atom is 0.339 e. The van der Waals surface area contributed by atoms with E-state index in [1.165, 1.54) is 31.2 Å². The van der Waals surface area contributed by atoms with Crippen molar-refractivity contribution in [2.75, 3.05) is 13.2 Å². The van der Waals surface area contributed by atoms with Gasteiger partial charge in [0, 0.05) is 6.54 Å². The zero-order valence-corrected chi connectivity index (χ0v) is 17.6. The van der Waals surface area contributed by atoms with E-state index < -0.39 is 33.9 Å². The Morgan fingerprint density at radius 3 is 2.39 bits per heavy atom. The van der Waals surface area contributed by atoms with E-state index in [4.69, 9.17) is 20.3 Å². The average molecular weight is 449 g/mol. The molecule has 0 heterocycles. The number of primary amides is 1. The Labute approximate surface area is 179 Å². The molecule has 2 rings (SSSR count). The molecule has 2 aromatic rings. The third-order valence-corrected chi connectivity index (χ3v) is 5.00. The minimum atomic E-state index is -3.76. The van der Waals surface area contributed by atoms with Gasteiger partial charge >= 0.3 is 5.97 Å². The number of rotatable bonds is 10. The fourth-order valence-electron chi connectivity index (χ4n) is 2.47. The lowest BCUT2D eigenvalue weighted by atomic mass is 10.1. The lowest BCUT2D eigenvalue weighted by molar-refractivity contribution is -0.129. The first kappa shape index (κ1) is 23.8. The van der Waals surface area contributed by atoms with Gasteiger partial charge in [-0.2, -0.15) is 0 Å². The SMILES string of the molecule is CC(OC(=O)c1cccc(OCC(N)=O)c1)C(=O)NCCc1ccc(S(N)(=O)=O)cc1. The number of nitrogens with two attached hydrogens (primary N) is 2. The monoisotopic (exact) mass is 449 g/mol. The number of amides is 2. The second kappa shape index (κ2) is 10.5. The zero-order chi connectivity index (χ0) is 23.0. The van der Waals surface area contributed by atoms with Crippen LogP contribution in [0.1, 0.15) is 22.8 Å². The first-order chi connectivity index (χ1) is 14.6. The fourth-order valence-corrected chi connectivity index (χ4v) is 2.98. The molecule has 0 aliphatic rings. The molecule has 1 unspecified atom stereocenters. The molecule has 2 amide bonds. The Morgan fingerprint density at radius 1 is 1.10 bits per heavy atom. The van der Waals surface area contributed by atoms with E-state index in [0.717, 1.165) is 5.56 Å². The Kier molecular flexibility index (Phi) is 8.11. The molecule has 0 aliphatic carbocycles. The van der Waals surface area contributed by atoms with Crippen LogP contribution >= 0.6 is 0 Å². The highest BCUT2D eigenvalue weighted by molar-refractivity contribution is 7.89. The zero-order valence-electron chi connectivity index (χ0n) is 16.7. The van der Waals surface area contributed by atoms with Crippen LogP contribution in [0.5, 0.6) is 5.75 Å². The van der Waals surface area contributed by atoms with E-state index in [-0.39, 0.29) is 29.4 Å². The molecule has 0 fully saturated rings. The van der Waals surface area contributed by atoms with Gasteiger partial charge < -0.3 is 20.5 Å². The molecule has 0 aromatic heterocycles. The Balaban J connectivity index is 1.83. The van der Waals surface area contributed by atoms with Crippen LogP contribution < -0.4 is 20.9 Å². The highest BCUT2D eigenvalue weighted by Gasteiger charge is 2.19. The van der Waals surface area contributed by atoms with Gasteiger partial charge in [-0.3, -0.25) is 9.59 Å². The van der Waals surface area contributed by atoms with Crippen LogP contribution in [0.15, 0.2) is 53.4 Å². The number of primary sulfonamides is 1. The smallest absolute Gasteiger partial charge is 0.339 e. The summed E-state index contributed by atoms with van der Waals surface area (Å²) in [7, 11) is -3.76. The van der Waals surface area contributed by atoms with Crippen molar-refractivity contribution in [1.29, 1.82) is 0 Å². The molecule has 5 N–H and O–H groups in total. The van der Waals surface area contributed by atoms with Crippen molar-refractivity contribution in [3.05, 3.63) is 59.7 Å². The van der Waals surface area contributed by atoms with Gasteiger partial charge in [0.25, 0.3) is 11.8 Å². The number of benzene rings is 2. The fraction of sp³-hybridized carbons (Fsp3) is 0.250. The van der Waals surface area contributed by atoms with Gasteiger partial charge in [0.05, 0.1) is 10.5 Å². The van der Waals surface area contributed by atoms with Crippen molar-refractivity contribution < 1.29 is 32.3 Å². The van der Waals surface area contributed by atoms with Crippen LogP contribution in [-0.4, -0.2) is 45.5 Å². The summed E-state index contributed by atoms with van der Waals surface area (Å²) in [4.78, 5) is 35.2. The van der Waals surface area contributed by atoms with Crippen LogP contribution in [0, 0.1) is 0 Å². The van der Waals surface area contributed by atoms with Gasteiger partial charge in [-0.05, 0) is 49.2 Å². The molecule has 166 valence electrons. The summed E-state index contributed by atoms with van der Waals surface area (Å²) in [5, 5.41) is 7.69. The minimum absolute atomic E-state index is 0.00455. The standard InChI is InChI=1S/C20H23N3O7S/c1-13(30-20(26)15-3-2-4-16(11-15)29-12-18(21)24)19(25)23-10-9-14-5-7-17(8-6-14)31(22,27)28/h2-8,11,13H,9-10,12H2,1H3,(H2,21,24)(H,23,25)(H2,22,27,28). The molecule has 11 heteroatoms. The Morgan fingerprint density at radius 2 is 1.77 bits per heavy atom. The highest BCUT2D eigenvalue weighted by atomic mass is 32.2. The maximum atomic E-state index is 12.2. The first-order valence-corrected chi connectivity index (χ1v) is 10.7. The molecule has 0 saturated heterocycles. The van der Waals surface area contributed by atoms with Crippen molar-refractivity contribution in [1.82, 2.24) is 5.32 Å². The predicted molar refractivity (Wildman–Crippen MR) is 111 cm³/mol. The molecule has 0 aliphatic heterocycles. The van der Waals surface area contributed by atoms with Crippen molar-refractivity contribution >= 4 is 27.8 Å². The molecule has 10 nitrogen and oxygen atoms in total. The van der Waals surface area contributed by atoms with Crippen LogP contribution in [0.3, 0.4) is 0 Å². The summed E-state index contributed by atoms with van der Waals surface area (Å²) in [6.07, 6.45) is -0.608.